The molecule has 1 aromatic carbocycles. The first-order valence-corrected chi connectivity index (χ1v) is 10.6. The molecule has 1 saturated heterocycles. The van der Waals surface area contributed by atoms with Crippen molar-refractivity contribution in [3.05, 3.63) is 29.8 Å². The number of nitrogens with one attached hydrogen (secondary N) is 1. The maximum Gasteiger partial charge on any atom is 0.251 e. The Hall–Kier alpha value is -1.44. The highest BCUT2D eigenvalue weighted by atomic mass is 32.2. The normalized spacial score (nSPS) is 17.2. The van der Waals surface area contributed by atoms with Gasteiger partial charge in [0, 0.05) is 38.3 Å². The van der Waals surface area contributed by atoms with Crippen LogP contribution in [0.15, 0.2) is 29.2 Å². The second-order valence-electron chi connectivity index (χ2n) is 8.15. The summed E-state index contributed by atoms with van der Waals surface area (Å²) in [5.74, 6) is -0.164. The van der Waals surface area contributed by atoms with Crippen LogP contribution in [0.2, 0.25) is 0 Å². The van der Waals surface area contributed by atoms with Gasteiger partial charge in [-0.1, -0.05) is 20.8 Å². The molecule has 0 radical (unpaired) electrons. The lowest BCUT2D eigenvalue weighted by Crippen LogP contribution is -2.47. The van der Waals surface area contributed by atoms with Gasteiger partial charge in [0.1, 0.15) is 0 Å². The summed E-state index contributed by atoms with van der Waals surface area (Å²) >= 11 is 0. The summed E-state index contributed by atoms with van der Waals surface area (Å²) in [6.07, 6.45) is 1.96. The lowest BCUT2D eigenvalue weighted by molar-refractivity contribution is 0.0951. The Morgan fingerprint density at radius 3 is 2.19 bits per heavy atom. The van der Waals surface area contributed by atoms with Crippen molar-refractivity contribution in [1.29, 1.82) is 0 Å². The van der Waals surface area contributed by atoms with Crippen molar-refractivity contribution in [2.45, 2.75) is 38.5 Å². The Bertz CT molecular complexity index is 701. The molecule has 1 fully saturated rings. The molecule has 1 amide bonds. The Balaban J connectivity index is 1.93. The molecule has 1 aliphatic rings. The zero-order valence-electron chi connectivity index (χ0n) is 16.3. The monoisotopic (exact) mass is 381 g/mol. The fourth-order valence-electron chi connectivity index (χ4n) is 2.88. The van der Waals surface area contributed by atoms with E-state index < -0.39 is 10.0 Å². The van der Waals surface area contributed by atoms with Gasteiger partial charge in [0.2, 0.25) is 10.0 Å². The maximum absolute atomic E-state index is 12.7. The van der Waals surface area contributed by atoms with Gasteiger partial charge in [-0.05, 0) is 49.6 Å². The van der Waals surface area contributed by atoms with Gasteiger partial charge in [0.25, 0.3) is 5.91 Å². The van der Waals surface area contributed by atoms with Crippen LogP contribution in [-0.4, -0.2) is 63.3 Å². The third kappa shape index (κ3) is 5.79. The first-order chi connectivity index (χ1) is 12.1. The van der Waals surface area contributed by atoms with Crippen molar-refractivity contribution in [3.8, 4) is 0 Å². The highest BCUT2D eigenvalue weighted by Gasteiger charge is 2.27. The zero-order chi connectivity index (χ0) is 19.4. The van der Waals surface area contributed by atoms with Crippen LogP contribution in [0.25, 0.3) is 0 Å². The Kier molecular flexibility index (Phi) is 6.82. The average molecular weight is 382 g/mol. The fraction of sp³-hybridized carbons (Fsp3) is 0.632. The van der Waals surface area contributed by atoms with Crippen LogP contribution in [0.4, 0.5) is 0 Å². The number of carbonyl (C=O) groups is 1. The maximum atomic E-state index is 12.7. The minimum absolute atomic E-state index is 0.164. The van der Waals surface area contributed by atoms with Gasteiger partial charge in [-0.25, -0.2) is 8.42 Å². The summed E-state index contributed by atoms with van der Waals surface area (Å²) in [4.78, 5) is 14.5. The van der Waals surface area contributed by atoms with E-state index in [9.17, 15) is 13.2 Å². The Morgan fingerprint density at radius 1 is 1.08 bits per heavy atom. The van der Waals surface area contributed by atoms with E-state index in [1.807, 2.05) is 7.05 Å². The van der Waals surface area contributed by atoms with Gasteiger partial charge in [-0.2, -0.15) is 4.31 Å². The standard InChI is InChI=1S/C19H31N3O3S/c1-19(2,3)10-5-11-20-18(23)16-6-8-17(9-7-16)26(24,25)22-14-12-21(4)13-15-22/h6-9H,5,10-15H2,1-4H3,(H,20,23). The summed E-state index contributed by atoms with van der Waals surface area (Å²) < 4.78 is 26.9. The van der Waals surface area contributed by atoms with E-state index in [0.29, 0.717) is 25.2 Å². The van der Waals surface area contributed by atoms with E-state index in [-0.39, 0.29) is 16.2 Å². The highest BCUT2D eigenvalue weighted by Crippen LogP contribution is 2.20. The number of sulfonamides is 1. The quantitative estimate of drug-likeness (QED) is 0.767. The van der Waals surface area contributed by atoms with Crippen molar-refractivity contribution in [2.75, 3.05) is 39.8 Å². The van der Waals surface area contributed by atoms with E-state index in [2.05, 4.69) is 31.0 Å². The minimum atomic E-state index is -3.49. The molecule has 146 valence electrons. The molecule has 0 unspecified atom stereocenters. The summed E-state index contributed by atoms with van der Waals surface area (Å²) in [7, 11) is -1.51. The molecule has 7 heteroatoms. The van der Waals surface area contributed by atoms with E-state index in [1.54, 1.807) is 12.1 Å². The SMILES string of the molecule is CN1CCN(S(=O)(=O)c2ccc(C(=O)NCCCC(C)(C)C)cc2)CC1. The Labute approximate surface area is 157 Å². The second-order valence-corrected chi connectivity index (χ2v) is 10.1. The zero-order valence-corrected chi connectivity index (χ0v) is 17.1. The number of hydrogen-bond acceptors (Lipinski definition) is 4. The number of benzene rings is 1. The van der Waals surface area contributed by atoms with Crippen molar-refractivity contribution in [3.63, 3.8) is 0 Å². The molecule has 1 aliphatic heterocycles. The third-order valence-electron chi connectivity index (χ3n) is 4.61. The topological polar surface area (TPSA) is 69.7 Å². The molecule has 1 aromatic rings. The third-order valence-corrected chi connectivity index (χ3v) is 6.52. The van der Waals surface area contributed by atoms with E-state index in [1.165, 1.54) is 16.4 Å². The molecule has 0 spiro atoms. The minimum Gasteiger partial charge on any atom is -0.352 e. The molecule has 0 saturated carbocycles. The number of nitrogens with zero attached hydrogens (tertiary/aromatic N) is 2. The fourth-order valence-corrected chi connectivity index (χ4v) is 4.30. The van der Waals surface area contributed by atoms with Crippen LogP contribution in [0, 0.1) is 5.41 Å². The molecular formula is C19H31N3O3S. The first kappa shape index (κ1) is 20.9. The van der Waals surface area contributed by atoms with Gasteiger partial charge in [0.05, 0.1) is 4.90 Å². The molecule has 2 rings (SSSR count). The average Bonchev–Trinajstić information content (AvgIpc) is 2.58. The van der Waals surface area contributed by atoms with Crippen LogP contribution in [0.3, 0.4) is 0 Å². The van der Waals surface area contributed by atoms with E-state index in [0.717, 1.165) is 25.9 Å². The van der Waals surface area contributed by atoms with Gasteiger partial charge in [-0.3, -0.25) is 4.79 Å². The molecule has 0 bridgehead atoms. The van der Waals surface area contributed by atoms with Crippen LogP contribution >= 0.6 is 0 Å². The van der Waals surface area contributed by atoms with Crippen LogP contribution < -0.4 is 5.32 Å². The van der Waals surface area contributed by atoms with E-state index in [4.69, 9.17) is 0 Å². The van der Waals surface area contributed by atoms with Crippen LogP contribution in [0.5, 0.6) is 0 Å². The number of amides is 1. The van der Waals surface area contributed by atoms with Gasteiger partial charge < -0.3 is 10.2 Å². The van der Waals surface area contributed by atoms with Gasteiger partial charge >= 0.3 is 0 Å². The molecule has 26 heavy (non-hydrogen) atoms. The number of piperazine rings is 1. The second kappa shape index (κ2) is 8.50. The van der Waals surface area contributed by atoms with Crippen LogP contribution in [0.1, 0.15) is 44.0 Å². The number of likely N-dealkylation sites (N-methyl/N-ethyl adjacent to an activating group) is 1. The predicted molar refractivity (Wildman–Crippen MR) is 104 cm³/mol. The van der Waals surface area contributed by atoms with Crippen molar-refractivity contribution in [1.82, 2.24) is 14.5 Å². The molecule has 6 nitrogen and oxygen atoms in total. The summed E-state index contributed by atoms with van der Waals surface area (Å²) in [5, 5.41) is 2.89. The van der Waals surface area contributed by atoms with Gasteiger partial charge in [0.15, 0.2) is 0 Å². The van der Waals surface area contributed by atoms with Crippen molar-refractivity contribution < 1.29 is 13.2 Å². The molecule has 0 aromatic heterocycles. The number of hydrogen-bond donors (Lipinski definition) is 1. The molecule has 0 atom stereocenters. The summed E-state index contributed by atoms with van der Waals surface area (Å²) in [6.45, 7) is 9.60. The van der Waals surface area contributed by atoms with Crippen LogP contribution in [-0.2, 0) is 10.0 Å². The number of carbonyl (C=O) groups excluding carboxylic acids is 1. The first-order valence-electron chi connectivity index (χ1n) is 9.16. The van der Waals surface area contributed by atoms with Gasteiger partial charge in [-0.15, -0.1) is 0 Å². The van der Waals surface area contributed by atoms with Crippen molar-refractivity contribution in [2.24, 2.45) is 5.41 Å². The predicted octanol–water partition coefficient (Wildman–Crippen LogP) is 2.18. The van der Waals surface area contributed by atoms with E-state index >= 15 is 0 Å². The highest BCUT2D eigenvalue weighted by molar-refractivity contribution is 7.89. The Morgan fingerprint density at radius 2 is 1.65 bits per heavy atom. The molecule has 1 heterocycles. The largest absolute Gasteiger partial charge is 0.352 e. The summed E-state index contributed by atoms with van der Waals surface area (Å²) in [6, 6.07) is 6.22. The smallest absolute Gasteiger partial charge is 0.251 e. The molecular weight excluding hydrogens is 350 g/mol. The van der Waals surface area contributed by atoms with Crippen molar-refractivity contribution >= 4 is 15.9 Å². The lowest BCUT2D eigenvalue weighted by atomic mass is 9.91. The molecule has 1 N–H and O–H groups in total. The molecule has 0 aliphatic carbocycles. The lowest BCUT2D eigenvalue weighted by Gasteiger charge is -2.31. The number of rotatable bonds is 6. The summed E-state index contributed by atoms with van der Waals surface area (Å²) in [5.41, 5.74) is 0.738.